The summed E-state index contributed by atoms with van der Waals surface area (Å²) in [6, 6.07) is 16.4. The van der Waals surface area contributed by atoms with Gasteiger partial charge in [0.05, 0.1) is 13.7 Å². The summed E-state index contributed by atoms with van der Waals surface area (Å²) < 4.78 is 5.72. The Morgan fingerprint density at radius 1 is 1.12 bits per heavy atom. The van der Waals surface area contributed by atoms with Crippen LogP contribution in [0.25, 0.3) is 22.2 Å². The Kier molecular flexibility index (Phi) is 7.50. The third-order valence-corrected chi connectivity index (χ3v) is 7.53. The molecule has 2 heterocycles. The second-order valence-corrected chi connectivity index (χ2v) is 10.00. The van der Waals surface area contributed by atoms with E-state index in [4.69, 9.17) is 4.74 Å². The van der Waals surface area contributed by atoms with Crippen LogP contribution in [0.2, 0.25) is 0 Å². The van der Waals surface area contributed by atoms with Crippen molar-refractivity contribution in [2.75, 3.05) is 12.0 Å². The fourth-order valence-electron chi connectivity index (χ4n) is 5.03. The maximum atomic E-state index is 14.0. The number of aromatic nitrogens is 3. The molecule has 1 aliphatic heterocycles. The Labute approximate surface area is 230 Å². The number of fused-ring (bicyclic) bond motifs is 2. The summed E-state index contributed by atoms with van der Waals surface area (Å²) in [6.07, 6.45) is 1.85. The Bertz CT molecular complexity index is 1710. The summed E-state index contributed by atoms with van der Waals surface area (Å²) >= 11 is 0. The number of benzene rings is 3. The summed E-state index contributed by atoms with van der Waals surface area (Å²) in [4.78, 5) is 54.3. The molecule has 0 bridgehead atoms. The van der Waals surface area contributed by atoms with Crippen LogP contribution in [0.15, 0.2) is 64.2 Å². The molecule has 40 heavy (non-hydrogen) atoms. The largest absolute Gasteiger partial charge is 0.496 e. The molecule has 5 rings (SSSR count). The molecule has 4 aromatic rings. The van der Waals surface area contributed by atoms with Gasteiger partial charge in [0.2, 0.25) is 11.8 Å². The quantitative estimate of drug-likeness (QED) is 0.307. The first-order chi connectivity index (χ1) is 19.3. The zero-order valence-electron chi connectivity index (χ0n) is 22.6. The number of methoxy groups -OCH3 is 1. The minimum atomic E-state index is -0.822. The van der Waals surface area contributed by atoms with Gasteiger partial charge in [-0.3, -0.25) is 19.2 Å². The number of anilines is 1. The molecule has 0 radical (unpaired) electrons. The molecule has 0 aliphatic carbocycles. The Hall–Kier alpha value is -4.73. The molecule has 10 nitrogen and oxygen atoms in total. The molecule has 1 aromatic heterocycles. The highest BCUT2D eigenvalue weighted by Crippen LogP contribution is 2.35. The van der Waals surface area contributed by atoms with Gasteiger partial charge in [-0.2, -0.15) is 5.10 Å². The lowest BCUT2D eigenvalue weighted by molar-refractivity contribution is -0.129. The van der Waals surface area contributed by atoms with E-state index in [2.05, 4.69) is 20.5 Å². The van der Waals surface area contributed by atoms with Gasteiger partial charge in [-0.05, 0) is 53.8 Å². The maximum Gasteiger partial charge on any atom is 0.329 e. The molecule has 206 valence electrons. The van der Waals surface area contributed by atoms with Crippen LogP contribution in [0, 0.1) is 5.92 Å². The molecule has 0 saturated heterocycles. The smallest absolute Gasteiger partial charge is 0.329 e. The van der Waals surface area contributed by atoms with Crippen molar-refractivity contribution in [2.24, 2.45) is 5.92 Å². The van der Waals surface area contributed by atoms with Crippen molar-refractivity contribution in [2.45, 2.75) is 45.7 Å². The van der Waals surface area contributed by atoms with Crippen LogP contribution in [0.3, 0.4) is 0 Å². The molecule has 3 N–H and O–H groups in total. The second kappa shape index (κ2) is 11.2. The lowest BCUT2D eigenvalue weighted by Crippen LogP contribution is -2.49. The molecule has 0 saturated carbocycles. The second-order valence-electron chi connectivity index (χ2n) is 10.00. The number of hydrogen-bond acceptors (Lipinski definition) is 6. The normalized spacial score (nSPS) is 15.8. The number of para-hydroxylation sites is 1. The van der Waals surface area contributed by atoms with Crippen LogP contribution >= 0.6 is 0 Å². The van der Waals surface area contributed by atoms with Gasteiger partial charge in [0.25, 0.3) is 0 Å². The van der Waals surface area contributed by atoms with Crippen molar-refractivity contribution in [3.05, 3.63) is 86.4 Å². The molecular weight excluding hydrogens is 510 g/mol. The number of H-pyrrole nitrogens is 2. The van der Waals surface area contributed by atoms with E-state index in [1.807, 2.05) is 62.4 Å². The van der Waals surface area contributed by atoms with Gasteiger partial charge >= 0.3 is 11.1 Å². The lowest BCUT2D eigenvalue weighted by Gasteiger charge is -2.28. The first-order valence-electron chi connectivity index (χ1n) is 13.3. The van der Waals surface area contributed by atoms with Crippen molar-refractivity contribution in [1.29, 1.82) is 0 Å². The van der Waals surface area contributed by atoms with E-state index in [-0.39, 0.29) is 30.1 Å². The predicted octanol–water partition coefficient (Wildman–Crippen LogP) is 3.30. The van der Waals surface area contributed by atoms with Crippen molar-refractivity contribution < 1.29 is 14.3 Å². The van der Waals surface area contributed by atoms with Crippen LogP contribution in [0.5, 0.6) is 5.75 Å². The SMILES string of the molecule is CC[C@@H](C)C(=O)N[C@H]1CCc2ccccc2N(Cc2c(OC)ccc3cc(-c4n[nH]c(=O)c(=O)[nH]4)ccc23)C1=O. The number of rotatable bonds is 7. The van der Waals surface area contributed by atoms with Gasteiger partial charge in [0, 0.05) is 22.7 Å². The molecule has 2 amide bonds. The predicted molar refractivity (Wildman–Crippen MR) is 152 cm³/mol. The number of nitrogens with one attached hydrogen (secondary N) is 3. The van der Waals surface area contributed by atoms with Crippen LogP contribution in [-0.4, -0.2) is 40.1 Å². The number of hydrogen-bond donors (Lipinski definition) is 3. The maximum absolute atomic E-state index is 14.0. The van der Waals surface area contributed by atoms with Crippen molar-refractivity contribution in [1.82, 2.24) is 20.5 Å². The molecule has 0 spiro atoms. The molecule has 0 unspecified atom stereocenters. The van der Waals surface area contributed by atoms with Crippen LogP contribution < -0.4 is 26.1 Å². The van der Waals surface area contributed by atoms with Gasteiger partial charge in [-0.15, -0.1) is 0 Å². The van der Waals surface area contributed by atoms with E-state index in [9.17, 15) is 19.2 Å². The Morgan fingerprint density at radius 3 is 2.67 bits per heavy atom. The third-order valence-electron chi connectivity index (χ3n) is 7.53. The summed E-state index contributed by atoms with van der Waals surface area (Å²) in [6.45, 7) is 4.03. The van der Waals surface area contributed by atoms with Gasteiger partial charge in [-0.25, -0.2) is 5.10 Å². The van der Waals surface area contributed by atoms with E-state index < -0.39 is 17.2 Å². The average molecular weight is 542 g/mol. The van der Waals surface area contributed by atoms with Gasteiger partial charge in [-0.1, -0.05) is 50.2 Å². The van der Waals surface area contributed by atoms with Crippen LogP contribution in [0.1, 0.15) is 37.8 Å². The van der Waals surface area contributed by atoms with Gasteiger partial charge in [0.1, 0.15) is 11.8 Å². The first-order valence-corrected chi connectivity index (χ1v) is 13.3. The van der Waals surface area contributed by atoms with Crippen molar-refractivity contribution in [3.8, 4) is 17.1 Å². The summed E-state index contributed by atoms with van der Waals surface area (Å²) in [5, 5.41) is 10.8. The standard InChI is InChI=1S/C30H31N5O5/c1-4-17(2)27(36)31-23-13-10-18-7-5-6-8-24(18)35(30(23)39)16-22-21-12-9-20(15-19(21)11-14-25(22)40-3)26-32-28(37)29(38)34-33-26/h5-9,11-12,14-15,17,23H,4,10,13,16H2,1-3H3,(H,31,36)(H,34,38)(H,32,33,37)/t17-,23+/m1/s1. The van der Waals surface area contributed by atoms with Crippen molar-refractivity contribution >= 4 is 28.3 Å². The number of carbonyl (C=O) groups excluding carboxylic acids is 2. The first kappa shape index (κ1) is 26.9. The fourth-order valence-corrected chi connectivity index (χ4v) is 5.03. The van der Waals surface area contributed by atoms with Crippen molar-refractivity contribution in [3.63, 3.8) is 0 Å². The zero-order chi connectivity index (χ0) is 28.4. The monoisotopic (exact) mass is 541 g/mol. The fraction of sp³-hybridized carbons (Fsp3) is 0.300. The molecular formula is C30H31N5O5. The molecule has 2 atom stereocenters. The number of ether oxygens (including phenoxy) is 1. The highest BCUT2D eigenvalue weighted by molar-refractivity contribution is 6.01. The summed E-state index contributed by atoms with van der Waals surface area (Å²) in [7, 11) is 1.58. The lowest BCUT2D eigenvalue weighted by atomic mass is 9.99. The Balaban J connectivity index is 1.57. The van der Waals surface area contributed by atoms with E-state index in [0.717, 1.165) is 27.6 Å². The van der Waals surface area contributed by atoms with E-state index in [1.54, 1.807) is 18.1 Å². The summed E-state index contributed by atoms with van der Waals surface area (Å²) in [5.74, 6) is 0.361. The molecule has 10 heteroatoms. The number of amides is 2. The van der Waals surface area contributed by atoms with Gasteiger partial charge in [0.15, 0.2) is 5.82 Å². The van der Waals surface area contributed by atoms with Crippen LogP contribution in [-0.2, 0) is 22.6 Å². The average Bonchev–Trinajstić information content (AvgIpc) is 3.10. The number of aromatic amines is 2. The highest BCUT2D eigenvalue weighted by atomic mass is 16.5. The minimum absolute atomic E-state index is 0.129. The number of carbonyl (C=O) groups is 2. The van der Waals surface area contributed by atoms with Gasteiger partial charge < -0.3 is 19.9 Å². The molecule has 3 aromatic carbocycles. The highest BCUT2D eigenvalue weighted by Gasteiger charge is 2.33. The molecule has 0 fully saturated rings. The van der Waals surface area contributed by atoms with E-state index in [1.165, 1.54) is 0 Å². The minimum Gasteiger partial charge on any atom is -0.496 e. The molecule has 1 aliphatic rings. The van der Waals surface area contributed by atoms with E-state index in [0.29, 0.717) is 30.6 Å². The van der Waals surface area contributed by atoms with E-state index >= 15 is 0 Å². The van der Waals surface area contributed by atoms with Crippen LogP contribution in [0.4, 0.5) is 5.69 Å². The number of nitrogens with zero attached hydrogens (tertiary/aromatic N) is 2. The zero-order valence-corrected chi connectivity index (χ0v) is 22.6. The number of aryl methyl sites for hydroxylation is 1. The summed E-state index contributed by atoms with van der Waals surface area (Å²) in [5.41, 5.74) is 1.64. The Morgan fingerprint density at radius 2 is 1.93 bits per heavy atom. The third kappa shape index (κ3) is 5.12. The topological polar surface area (TPSA) is 137 Å².